The number of piperazine rings is 3. The molecule has 5 rings (SSSR count). The number of hydrogen-bond donors (Lipinski definition) is 1. The van der Waals surface area contributed by atoms with E-state index < -0.39 is 0 Å². The van der Waals surface area contributed by atoms with Crippen molar-refractivity contribution in [3.8, 4) is 0 Å². The van der Waals surface area contributed by atoms with Gasteiger partial charge in [-0.25, -0.2) is 4.39 Å². The summed E-state index contributed by atoms with van der Waals surface area (Å²) >= 11 is 0. The van der Waals surface area contributed by atoms with Crippen LogP contribution in [0.4, 0.5) is 4.39 Å². The van der Waals surface area contributed by atoms with Crippen LogP contribution in [0.5, 0.6) is 0 Å². The molecule has 1 aromatic carbocycles. The molecule has 2 N–H and O–H groups in total. The van der Waals surface area contributed by atoms with Crippen LogP contribution in [0.25, 0.3) is 11.0 Å². The fraction of sp³-hybridized carbons (Fsp3) is 0.467. The van der Waals surface area contributed by atoms with Crippen LogP contribution in [0, 0.1) is 5.82 Å². The van der Waals surface area contributed by atoms with Crippen molar-refractivity contribution in [2.45, 2.75) is 12.1 Å². The minimum absolute atomic E-state index is 0.204. The second-order valence-electron chi connectivity index (χ2n) is 5.74. The molecular weight excluding hydrogens is 257 g/mol. The van der Waals surface area contributed by atoms with Crippen molar-refractivity contribution in [2.75, 3.05) is 32.7 Å². The van der Waals surface area contributed by atoms with Gasteiger partial charge in [0.25, 0.3) is 0 Å². The Bertz CT molecular complexity index is 633. The third kappa shape index (κ3) is 1.85. The average molecular weight is 275 g/mol. The SMILES string of the molecule is NC(c1cc2cccc(F)c2o1)C1CN2CCN1CC2. The molecule has 4 heterocycles. The lowest BCUT2D eigenvalue weighted by atomic mass is 9.99. The Morgan fingerprint density at radius 3 is 2.70 bits per heavy atom. The summed E-state index contributed by atoms with van der Waals surface area (Å²) in [6.45, 7) is 5.34. The predicted molar refractivity (Wildman–Crippen MR) is 74.9 cm³/mol. The molecule has 0 radical (unpaired) electrons. The Labute approximate surface area is 116 Å². The third-order valence-corrected chi connectivity index (χ3v) is 4.58. The molecule has 2 unspecified atom stereocenters. The van der Waals surface area contributed by atoms with E-state index in [1.54, 1.807) is 6.07 Å². The zero-order chi connectivity index (χ0) is 13.7. The highest BCUT2D eigenvalue weighted by atomic mass is 19.1. The fourth-order valence-corrected chi connectivity index (χ4v) is 3.40. The third-order valence-electron chi connectivity index (χ3n) is 4.58. The molecule has 3 aliphatic heterocycles. The summed E-state index contributed by atoms with van der Waals surface area (Å²) in [5, 5.41) is 0.784. The largest absolute Gasteiger partial charge is 0.456 e. The van der Waals surface area contributed by atoms with Crippen molar-refractivity contribution >= 4 is 11.0 Å². The topological polar surface area (TPSA) is 45.6 Å². The van der Waals surface area contributed by atoms with E-state index in [9.17, 15) is 4.39 Å². The Morgan fingerprint density at radius 2 is 2.05 bits per heavy atom. The van der Waals surface area contributed by atoms with Crippen LogP contribution >= 0.6 is 0 Å². The number of rotatable bonds is 2. The van der Waals surface area contributed by atoms with Crippen molar-refractivity contribution in [2.24, 2.45) is 5.73 Å². The van der Waals surface area contributed by atoms with E-state index in [1.807, 2.05) is 12.1 Å². The Kier molecular flexibility index (Phi) is 2.80. The molecule has 0 aliphatic carbocycles. The molecule has 106 valence electrons. The first-order valence-corrected chi connectivity index (χ1v) is 7.12. The molecule has 0 saturated carbocycles. The summed E-state index contributed by atoms with van der Waals surface area (Å²) in [4.78, 5) is 4.86. The van der Waals surface area contributed by atoms with Gasteiger partial charge in [-0.15, -0.1) is 0 Å². The van der Waals surface area contributed by atoms with Gasteiger partial charge in [0.2, 0.25) is 0 Å². The fourth-order valence-electron chi connectivity index (χ4n) is 3.40. The number of para-hydroxylation sites is 1. The molecule has 2 atom stereocenters. The second-order valence-corrected chi connectivity index (χ2v) is 5.74. The van der Waals surface area contributed by atoms with E-state index in [4.69, 9.17) is 10.2 Å². The number of benzene rings is 1. The molecule has 3 fully saturated rings. The van der Waals surface area contributed by atoms with Gasteiger partial charge in [-0.05, 0) is 12.1 Å². The van der Waals surface area contributed by atoms with Crippen molar-refractivity contribution in [3.05, 3.63) is 35.8 Å². The highest BCUT2D eigenvalue weighted by Gasteiger charge is 2.37. The number of nitrogens with two attached hydrogens (primary N) is 1. The van der Waals surface area contributed by atoms with Crippen LogP contribution in [0.3, 0.4) is 0 Å². The number of furan rings is 1. The first-order chi connectivity index (χ1) is 9.72. The van der Waals surface area contributed by atoms with E-state index in [2.05, 4.69) is 9.80 Å². The summed E-state index contributed by atoms with van der Waals surface area (Å²) in [6, 6.07) is 6.90. The van der Waals surface area contributed by atoms with Gasteiger partial charge >= 0.3 is 0 Å². The number of halogens is 1. The first kappa shape index (κ1) is 12.3. The Morgan fingerprint density at radius 1 is 1.25 bits per heavy atom. The van der Waals surface area contributed by atoms with Crippen molar-refractivity contribution in [1.29, 1.82) is 0 Å². The lowest BCUT2D eigenvalue weighted by Crippen LogP contribution is -2.63. The summed E-state index contributed by atoms with van der Waals surface area (Å²) < 4.78 is 19.4. The molecular formula is C15H18FN3O. The zero-order valence-corrected chi connectivity index (χ0v) is 11.3. The number of hydrogen-bond acceptors (Lipinski definition) is 4. The first-order valence-electron chi connectivity index (χ1n) is 7.12. The molecule has 3 saturated heterocycles. The summed E-state index contributed by atoms with van der Waals surface area (Å²) in [7, 11) is 0. The van der Waals surface area contributed by atoms with Gasteiger partial charge < -0.3 is 10.2 Å². The lowest BCUT2D eigenvalue weighted by molar-refractivity contribution is -0.000450. The maximum Gasteiger partial charge on any atom is 0.169 e. The van der Waals surface area contributed by atoms with E-state index in [0.717, 1.165) is 38.1 Å². The second kappa shape index (κ2) is 4.55. The van der Waals surface area contributed by atoms with Crippen molar-refractivity contribution in [3.63, 3.8) is 0 Å². The lowest BCUT2D eigenvalue weighted by Gasteiger charge is -2.49. The van der Waals surface area contributed by atoms with Crippen LogP contribution in [-0.4, -0.2) is 48.6 Å². The van der Waals surface area contributed by atoms with Crippen LogP contribution in [-0.2, 0) is 0 Å². The summed E-state index contributed by atoms with van der Waals surface area (Å²) in [5.74, 6) is 0.360. The minimum atomic E-state index is -0.324. The van der Waals surface area contributed by atoms with Gasteiger partial charge in [-0.3, -0.25) is 9.80 Å². The quantitative estimate of drug-likeness (QED) is 0.903. The van der Waals surface area contributed by atoms with Gasteiger partial charge in [0.1, 0.15) is 5.76 Å². The molecule has 0 spiro atoms. The van der Waals surface area contributed by atoms with Crippen molar-refractivity contribution < 1.29 is 8.81 Å². The zero-order valence-electron chi connectivity index (χ0n) is 11.3. The maximum absolute atomic E-state index is 13.7. The maximum atomic E-state index is 13.7. The highest BCUT2D eigenvalue weighted by Crippen LogP contribution is 2.30. The molecule has 0 amide bonds. The van der Waals surface area contributed by atoms with Gasteiger partial charge in [0, 0.05) is 44.2 Å². The predicted octanol–water partition coefficient (Wildman–Crippen LogP) is 1.57. The molecule has 20 heavy (non-hydrogen) atoms. The molecule has 2 aromatic rings. The minimum Gasteiger partial charge on any atom is -0.456 e. The molecule has 3 aliphatic rings. The van der Waals surface area contributed by atoms with Gasteiger partial charge in [0.05, 0.1) is 6.04 Å². The molecule has 1 aromatic heterocycles. The monoisotopic (exact) mass is 275 g/mol. The molecule has 2 bridgehead atoms. The van der Waals surface area contributed by atoms with Gasteiger partial charge in [0.15, 0.2) is 11.4 Å². The standard InChI is InChI=1S/C15H18FN3O/c16-11-3-1-2-10-8-13(20-15(10)11)14(17)12-9-18-4-6-19(12)7-5-18/h1-3,8,12,14H,4-7,9,17H2. The normalized spacial score (nSPS) is 30.8. The van der Waals surface area contributed by atoms with Crippen LogP contribution < -0.4 is 5.73 Å². The number of nitrogens with zero attached hydrogens (tertiary/aromatic N) is 2. The molecule has 5 heteroatoms. The highest BCUT2D eigenvalue weighted by molar-refractivity contribution is 5.78. The van der Waals surface area contributed by atoms with Crippen molar-refractivity contribution in [1.82, 2.24) is 9.80 Å². The van der Waals surface area contributed by atoms with Crippen LogP contribution in [0.1, 0.15) is 11.8 Å². The number of fused-ring (bicyclic) bond motifs is 4. The summed E-state index contributed by atoms with van der Waals surface area (Å²) in [6.07, 6.45) is 0. The van der Waals surface area contributed by atoms with Crippen LogP contribution in [0.15, 0.2) is 28.7 Å². The van der Waals surface area contributed by atoms with Gasteiger partial charge in [-0.2, -0.15) is 0 Å². The smallest absolute Gasteiger partial charge is 0.169 e. The Balaban J connectivity index is 1.66. The molecule has 4 nitrogen and oxygen atoms in total. The van der Waals surface area contributed by atoms with E-state index in [1.165, 1.54) is 6.07 Å². The van der Waals surface area contributed by atoms with Crippen LogP contribution in [0.2, 0.25) is 0 Å². The van der Waals surface area contributed by atoms with E-state index in [0.29, 0.717) is 11.3 Å². The van der Waals surface area contributed by atoms with E-state index in [-0.39, 0.29) is 17.9 Å². The van der Waals surface area contributed by atoms with E-state index >= 15 is 0 Å². The van der Waals surface area contributed by atoms with Gasteiger partial charge in [-0.1, -0.05) is 12.1 Å². The average Bonchev–Trinajstić information content (AvgIpc) is 2.93. The Hall–Kier alpha value is -1.43. The summed E-state index contributed by atoms with van der Waals surface area (Å²) in [5.41, 5.74) is 6.70.